The van der Waals surface area contributed by atoms with Crippen LogP contribution in [0, 0.1) is 18.3 Å². The van der Waals surface area contributed by atoms with Gasteiger partial charge in [0.2, 0.25) is 5.88 Å². The van der Waals surface area contributed by atoms with Crippen LogP contribution < -0.4 is 4.74 Å². The molecule has 1 spiro atoms. The number of amides is 1. The van der Waals surface area contributed by atoms with Crippen molar-refractivity contribution in [3.05, 3.63) is 71.7 Å². The molecule has 3 aromatic heterocycles. The van der Waals surface area contributed by atoms with Gasteiger partial charge in [0, 0.05) is 36.6 Å². The minimum atomic E-state index is -4.45. The summed E-state index contributed by atoms with van der Waals surface area (Å²) in [6.45, 7) is 2.53. The van der Waals surface area contributed by atoms with Crippen LogP contribution in [0.1, 0.15) is 34.3 Å². The molecule has 2 aliphatic carbocycles. The van der Waals surface area contributed by atoms with E-state index in [0.717, 1.165) is 30.7 Å². The molecule has 4 heterocycles. The Morgan fingerprint density at radius 1 is 1.12 bits per heavy atom. The molecule has 174 valence electrons. The van der Waals surface area contributed by atoms with Gasteiger partial charge in [-0.1, -0.05) is 6.07 Å². The van der Waals surface area contributed by atoms with Gasteiger partial charge in [0.15, 0.2) is 0 Å². The number of carbonyl (C=O) groups excluding carboxylic acids is 1. The maximum absolute atomic E-state index is 13.8. The molecule has 0 N–H and O–H groups in total. The quantitative estimate of drug-likeness (QED) is 0.565. The number of carbonyl (C=O) groups is 1. The normalized spacial score (nSPS) is 26.9. The van der Waals surface area contributed by atoms with Crippen LogP contribution in [-0.4, -0.2) is 44.4 Å². The molecule has 6 rings (SSSR count). The Kier molecular flexibility index (Phi) is 4.49. The van der Waals surface area contributed by atoms with Crippen LogP contribution in [0.3, 0.4) is 0 Å². The molecule has 1 amide bonds. The molecule has 3 fully saturated rings. The summed E-state index contributed by atoms with van der Waals surface area (Å²) >= 11 is 0. The molecular formula is C25H21F3N4O2. The van der Waals surface area contributed by atoms with Crippen LogP contribution in [0.15, 0.2) is 55.0 Å². The van der Waals surface area contributed by atoms with E-state index < -0.39 is 11.7 Å². The summed E-state index contributed by atoms with van der Waals surface area (Å²) in [5, 5.41) is 0. The van der Waals surface area contributed by atoms with Gasteiger partial charge >= 0.3 is 6.18 Å². The van der Waals surface area contributed by atoms with Crippen molar-refractivity contribution >= 4 is 5.91 Å². The summed E-state index contributed by atoms with van der Waals surface area (Å²) in [5.41, 5.74) is 1.76. The van der Waals surface area contributed by atoms with E-state index in [1.807, 2.05) is 36.1 Å². The van der Waals surface area contributed by atoms with E-state index in [0.29, 0.717) is 29.4 Å². The molecule has 9 heteroatoms. The number of hydrogen-bond donors (Lipinski definition) is 0. The summed E-state index contributed by atoms with van der Waals surface area (Å²) in [4.78, 5) is 28.3. The van der Waals surface area contributed by atoms with Crippen LogP contribution in [0.25, 0.3) is 11.4 Å². The maximum Gasteiger partial charge on any atom is 0.417 e. The second-order valence-electron chi connectivity index (χ2n) is 9.40. The lowest BCUT2D eigenvalue weighted by Gasteiger charge is -2.47. The number of halogens is 3. The van der Waals surface area contributed by atoms with Gasteiger partial charge in [-0.15, -0.1) is 0 Å². The molecule has 3 aliphatic rings. The zero-order chi connectivity index (χ0) is 23.7. The predicted octanol–water partition coefficient (Wildman–Crippen LogP) is 4.55. The third-order valence-electron chi connectivity index (χ3n) is 7.31. The molecule has 34 heavy (non-hydrogen) atoms. The highest BCUT2D eigenvalue weighted by molar-refractivity contribution is 6.00. The van der Waals surface area contributed by atoms with E-state index >= 15 is 0 Å². The first-order valence-electron chi connectivity index (χ1n) is 11.2. The van der Waals surface area contributed by atoms with Gasteiger partial charge in [-0.05, 0) is 55.5 Å². The van der Waals surface area contributed by atoms with Gasteiger partial charge in [0.25, 0.3) is 5.91 Å². The first kappa shape index (κ1) is 21.1. The van der Waals surface area contributed by atoms with Crippen molar-refractivity contribution < 1.29 is 22.7 Å². The highest BCUT2D eigenvalue weighted by Gasteiger charge is 2.76. The van der Waals surface area contributed by atoms with E-state index in [-0.39, 0.29) is 29.3 Å². The molecule has 3 aromatic rings. The SMILES string of the molecule is Cc1cnc(-c2ccccn2)c(C(=O)N2CC3CC34CC(Oc3ccc(C(F)(F)F)cn3)C24)c1. The van der Waals surface area contributed by atoms with Crippen molar-refractivity contribution in [2.45, 2.75) is 38.1 Å². The average Bonchev–Trinajstić information content (AvgIpc) is 3.47. The van der Waals surface area contributed by atoms with Gasteiger partial charge < -0.3 is 9.64 Å². The van der Waals surface area contributed by atoms with Crippen molar-refractivity contribution in [3.8, 4) is 17.3 Å². The molecule has 1 saturated heterocycles. The lowest BCUT2D eigenvalue weighted by atomic mass is 9.73. The molecule has 1 aliphatic heterocycles. The fraction of sp³-hybridized carbons (Fsp3) is 0.360. The Hall–Kier alpha value is -3.49. The van der Waals surface area contributed by atoms with Gasteiger partial charge in [-0.3, -0.25) is 14.8 Å². The molecule has 4 unspecified atom stereocenters. The number of aromatic nitrogens is 3. The van der Waals surface area contributed by atoms with Crippen LogP contribution in [-0.2, 0) is 6.18 Å². The van der Waals surface area contributed by atoms with Crippen molar-refractivity contribution in [1.82, 2.24) is 19.9 Å². The number of aryl methyl sites for hydroxylation is 1. The third kappa shape index (κ3) is 3.25. The summed E-state index contributed by atoms with van der Waals surface area (Å²) in [5.74, 6) is 0.441. The molecule has 0 bridgehead atoms. The number of likely N-dealkylation sites (tertiary alicyclic amines) is 1. The minimum Gasteiger partial charge on any atom is -0.472 e. The van der Waals surface area contributed by atoms with E-state index in [2.05, 4.69) is 15.0 Å². The minimum absolute atomic E-state index is 0.0502. The first-order chi connectivity index (χ1) is 16.3. The van der Waals surface area contributed by atoms with Crippen molar-refractivity contribution in [1.29, 1.82) is 0 Å². The molecule has 0 radical (unpaired) electrons. The summed E-state index contributed by atoms with van der Waals surface area (Å²) in [7, 11) is 0. The number of pyridine rings is 3. The van der Waals surface area contributed by atoms with Crippen molar-refractivity contribution in [3.63, 3.8) is 0 Å². The van der Waals surface area contributed by atoms with E-state index in [1.54, 1.807) is 12.4 Å². The second-order valence-corrected chi connectivity index (χ2v) is 9.40. The third-order valence-corrected chi connectivity index (χ3v) is 7.31. The maximum atomic E-state index is 13.8. The highest BCUT2D eigenvalue weighted by atomic mass is 19.4. The van der Waals surface area contributed by atoms with Gasteiger partial charge in [-0.25, -0.2) is 4.98 Å². The number of ether oxygens (including phenoxy) is 1. The Balaban J connectivity index is 1.26. The molecule has 4 atom stereocenters. The number of hydrogen-bond acceptors (Lipinski definition) is 5. The predicted molar refractivity (Wildman–Crippen MR) is 116 cm³/mol. The Morgan fingerprint density at radius 3 is 2.68 bits per heavy atom. The van der Waals surface area contributed by atoms with Gasteiger partial charge in [-0.2, -0.15) is 13.2 Å². The van der Waals surface area contributed by atoms with E-state index in [4.69, 9.17) is 4.74 Å². The van der Waals surface area contributed by atoms with Crippen LogP contribution in [0.5, 0.6) is 5.88 Å². The van der Waals surface area contributed by atoms with Crippen LogP contribution in [0.4, 0.5) is 13.2 Å². The van der Waals surface area contributed by atoms with Crippen molar-refractivity contribution in [2.75, 3.05) is 6.54 Å². The Morgan fingerprint density at radius 2 is 1.97 bits per heavy atom. The largest absolute Gasteiger partial charge is 0.472 e. The molecule has 0 aromatic carbocycles. The number of piperidine rings is 1. The zero-order valence-electron chi connectivity index (χ0n) is 18.3. The smallest absolute Gasteiger partial charge is 0.417 e. The monoisotopic (exact) mass is 466 g/mol. The highest BCUT2D eigenvalue weighted by Crippen LogP contribution is 2.71. The summed E-state index contributed by atoms with van der Waals surface area (Å²) in [6.07, 6.45) is 1.22. The standard InChI is InChI=1S/C25H21F3N4O2/c1-14-8-17(21(31-11-14)18-4-2-3-7-29-18)23(33)32-13-16-9-24(16)10-19(22(24)32)34-20-6-5-15(12-30-20)25(26,27)28/h2-8,11-12,16,19,22H,9-10,13H2,1H3. The Labute approximate surface area is 193 Å². The number of nitrogens with zero attached hydrogens (tertiary/aromatic N) is 4. The zero-order valence-corrected chi connectivity index (χ0v) is 18.3. The fourth-order valence-electron chi connectivity index (χ4n) is 5.62. The summed E-state index contributed by atoms with van der Waals surface area (Å²) in [6, 6.07) is 9.39. The van der Waals surface area contributed by atoms with E-state index in [1.165, 1.54) is 6.07 Å². The lowest BCUT2D eigenvalue weighted by Crippen LogP contribution is -2.59. The fourth-order valence-corrected chi connectivity index (χ4v) is 5.62. The van der Waals surface area contributed by atoms with E-state index in [9.17, 15) is 18.0 Å². The Bertz CT molecular complexity index is 1270. The number of alkyl halides is 3. The van der Waals surface area contributed by atoms with Gasteiger partial charge in [0.1, 0.15) is 11.8 Å². The molecule has 6 nitrogen and oxygen atoms in total. The number of rotatable bonds is 4. The van der Waals surface area contributed by atoms with Crippen LogP contribution >= 0.6 is 0 Å². The first-order valence-corrected chi connectivity index (χ1v) is 11.2. The second kappa shape index (κ2) is 7.25. The lowest BCUT2D eigenvalue weighted by molar-refractivity contribution is -0.137. The molecular weight excluding hydrogens is 445 g/mol. The average molecular weight is 466 g/mol. The summed E-state index contributed by atoms with van der Waals surface area (Å²) < 4.78 is 44.5. The van der Waals surface area contributed by atoms with Crippen LogP contribution in [0.2, 0.25) is 0 Å². The molecule has 2 saturated carbocycles. The van der Waals surface area contributed by atoms with Crippen molar-refractivity contribution in [2.24, 2.45) is 11.3 Å². The van der Waals surface area contributed by atoms with Gasteiger partial charge in [0.05, 0.1) is 22.9 Å². The topological polar surface area (TPSA) is 68.2 Å².